The number of hydrogen-bond donors (Lipinski definition) is 0. The first-order valence-electron chi connectivity index (χ1n) is 4.86. The van der Waals surface area contributed by atoms with Crippen LogP contribution in [0.5, 0.6) is 0 Å². The van der Waals surface area contributed by atoms with Crippen molar-refractivity contribution in [2.24, 2.45) is 0 Å². The molecule has 0 aliphatic rings. The van der Waals surface area contributed by atoms with Gasteiger partial charge in [-0.1, -0.05) is 25.5 Å². The summed E-state index contributed by atoms with van der Waals surface area (Å²) in [6, 6.07) is 4.87. The Morgan fingerprint density at radius 2 is 2.14 bits per heavy atom. The predicted molar refractivity (Wildman–Crippen MR) is 54.5 cm³/mol. The minimum Gasteiger partial charge on any atom is -0.250 e. The first-order chi connectivity index (χ1) is 6.69. The highest BCUT2D eigenvalue weighted by molar-refractivity contribution is 5.27. The van der Waals surface area contributed by atoms with Crippen LogP contribution in [0.2, 0.25) is 0 Å². The van der Waals surface area contributed by atoms with E-state index >= 15 is 0 Å². The predicted octanol–water partition coefficient (Wildman–Crippen LogP) is 3.67. The second-order valence-corrected chi connectivity index (χ2v) is 3.45. The molecule has 0 amide bonds. The molecule has 1 aromatic rings. The Kier molecular flexibility index (Phi) is 4.05. The summed E-state index contributed by atoms with van der Waals surface area (Å²) in [4.78, 5) is 0. The first-order valence-corrected chi connectivity index (χ1v) is 4.86. The Bertz CT molecular complexity index is 294. The van der Waals surface area contributed by atoms with Crippen LogP contribution in [0.4, 0.5) is 8.78 Å². The third-order valence-electron chi connectivity index (χ3n) is 2.25. The van der Waals surface area contributed by atoms with E-state index in [9.17, 15) is 8.78 Å². The fourth-order valence-corrected chi connectivity index (χ4v) is 1.38. The molecule has 77 valence electrons. The fourth-order valence-electron chi connectivity index (χ4n) is 1.38. The molecule has 1 rings (SSSR count). The maximum atomic E-state index is 13.4. The smallest absolute Gasteiger partial charge is 0.126 e. The van der Waals surface area contributed by atoms with E-state index in [0.717, 1.165) is 12.8 Å². The zero-order chi connectivity index (χ0) is 10.6. The molecule has 2 heteroatoms. The van der Waals surface area contributed by atoms with Gasteiger partial charge in [0.05, 0.1) is 6.67 Å². The van der Waals surface area contributed by atoms with E-state index in [2.05, 4.69) is 6.92 Å². The number of benzene rings is 1. The molecule has 0 aliphatic carbocycles. The zero-order valence-corrected chi connectivity index (χ0v) is 8.39. The minimum atomic E-state index is -0.549. The second kappa shape index (κ2) is 5.08. The fraction of sp³-hybridized carbons (Fsp3) is 0.417. The molecule has 1 radical (unpaired) electrons. The number of hydrogen-bond acceptors (Lipinski definition) is 0. The Morgan fingerprint density at radius 3 is 2.64 bits per heavy atom. The highest BCUT2D eigenvalue weighted by Crippen LogP contribution is 2.19. The second-order valence-electron chi connectivity index (χ2n) is 3.45. The Hall–Kier alpha value is -0.920. The molecule has 1 aromatic carbocycles. The molecule has 1 unspecified atom stereocenters. The van der Waals surface area contributed by atoms with Gasteiger partial charge in [-0.2, -0.15) is 0 Å². The van der Waals surface area contributed by atoms with Gasteiger partial charge in [0.2, 0.25) is 0 Å². The van der Waals surface area contributed by atoms with Crippen LogP contribution in [0.1, 0.15) is 30.4 Å². The van der Waals surface area contributed by atoms with Crippen LogP contribution < -0.4 is 0 Å². The summed E-state index contributed by atoms with van der Waals surface area (Å²) in [7, 11) is 0. The normalized spacial score (nSPS) is 12.9. The molecular formula is C12H15F2. The maximum Gasteiger partial charge on any atom is 0.126 e. The Balaban J connectivity index is 2.88. The summed E-state index contributed by atoms with van der Waals surface area (Å²) in [5, 5.41) is 0. The van der Waals surface area contributed by atoms with Crippen molar-refractivity contribution >= 4 is 0 Å². The van der Waals surface area contributed by atoms with Crippen molar-refractivity contribution in [1.82, 2.24) is 0 Å². The van der Waals surface area contributed by atoms with Crippen molar-refractivity contribution in [1.29, 1.82) is 0 Å². The number of alkyl halides is 1. The summed E-state index contributed by atoms with van der Waals surface area (Å²) >= 11 is 0. The molecule has 0 spiro atoms. The van der Waals surface area contributed by atoms with Gasteiger partial charge in [0.1, 0.15) is 5.82 Å². The first kappa shape index (κ1) is 11.2. The summed E-state index contributed by atoms with van der Waals surface area (Å²) < 4.78 is 25.7. The van der Waals surface area contributed by atoms with Crippen molar-refractivity contribution < 1.29 is 8.78 Å². The Morgan fingerprint density at radius 1 is 1.43 bits per heavy atom. The standard InChI is InChI=1S/C12H15F2/c1-3-4-10-5-6-11(7-12(10)14)9(2)8-13/h5-7,9H,2-4,8H2,1H3. The van der Waals surface area contributed by atoms with E-state index in [1.54, 1.807) is 12.1 Å². The Labute approximate surface area is 84.0 Å². The molecule has 0 bridgehead atoms. The van der Waals surface area contributed by atoms with Gasteiger partial charge in [-0.05, 0) is 30.5 Å². The van der Waals surface area contributed by atoms with Crippen molar-refractivity contribution in [2.45, 2.75) is 25.7 Å². The average molecular weight is 197 g/mol. The quantitative estimate of drug-likeness (QED) is 0.691. The van der Waals surface area contributed by atoms with E-state index in [1.165, 1.54) is 6.07 Å². The number of halogens is 2. The van der Waals surface area contributed by atoms with E-state index < -0.39 is 12.6 Å². The summed E-state index contributed by atoms with van der Waals surface area (Å²) in [6.45, 7) is 5.05. The molecule has 0 nitrogen and oxygen atoms in total. The van der Waals surface area contributed by atoms with E-state index in [0.29, 0.717) is 11.1 Å². The van der Waals surface area contributed by atoms with Gasteiger partial charge >= 0.3 is 0 Å². The van der Waals surface area contributed by atoms with Crippen molar-refractivity contribution in [3.63, 3.8) is 0 Å². The molecule has 0 heterocycles. The molecule has 0 aromatic heterocycles. The van der Waals surface area contributed by atoms with Gasteiger partial charge < -0.3 is 0 Å². The lowest BCUT2D eigenvalue weighted by Gasteiger charge is -2.09. The van der Waals surface area contributed by atoms with Crippen LogP contribution in [0, 0.1) is 12.7 Å². The topological polar surface area (TPSA) is 0 Å². The molecule has 0 aliphatic heterocycles. The van der Waals surface area contributed by atoms with Crippen LogP contribution in [0.3, 0.4) is 0 Å². The van der Waals surface area contributed by atoms with Crippen LogP contribution in [0.25, 0.3) is 0 Å². The number of aryl methyl sites for hydroxylation is 1. The van der Waals surface area contributed by atoms with Crippen molar-refractivity contribution in [3.05, 3.63) is 42.1 Å². The summed E-state index contributed by atoms with van der Waals surface area (Å²) in [6.07, 6.45) is 1.64. The largest absolute Gasteiger partial charge is 0.250 e. The molecular weight excluding hydrogens is 182 g/mol. The molecule has 0 saturated heterocycles. The summed E-state index contributed by atoms with van der Waals surface area (Å²) in [5.74, 6) is -0.702. The molecule has 0 fully saturated rings. The average Bonchev–Trinajstić information content (AvgIpc) is 2.20. The molecule has 14 heavy (non-hydrogen) atoms. The lowest BCUT2D eigenvalue weighted by molar-refractivity contribution is 0.464. The van der Waals surface area contributed by atoms with Crippen molar-refractivity contribution in [2.75, 3.05) is 6.67 Å². The third kappa shape index (κ3) is 2.53. The molecule has 1 atom stereocenters. The molecule has 0 saturated carbocycles. The minimum absolute atomic E-state index is 0.244. The van der Waals surface area contributed by atoms with Crippen LogP contribution >= 0.6 is 0 Å². The zero-order valence-electron chi connectivity index (χ0n) is 8.39. The third-order valence-corrected chi connectivity index (χ3v) is 2.25. The van der Waals surface area contributed by atoms with Crippen LogP contribution in [0.15, 0.2) is 18.2 Å². The summed E-state index contributed by atoms with van der Waals surface area (Å²) in [5.41, 5.74) is 1.33. The van der Waals surface area contributed by atoms with Gasteiger partial charge in [-0.15, -0.1) is 0 Å². The van der Waals surface area contributed by atoms with Crippen LogP contribution in [-0.4, -0.2) is 6.67 Å². The van der Waals surface area contributed by atoms with Gasteiger partial charge in [-0.3, -0.25) is 4.39 Å². The van der Waals surface area contributed by atoms with Crippen LogP contribution in [-0.2, 0) is 6.42 Å². The van der Waals surface area contributed by atoms with E-state index in [4.69, 9.17) is 0 Å². The van der Waals surface area contributed by atoms with E-state index in [1.807, 2.05) is 6.92 Å². The lowest BCUT2D eigenvalue weighted by atomic mass is 9.99. The SMILES string of the molecule is [CH2]C(CF)c1ccc(CCC)c(F)c1. The lowest BCUT2D eigenvalue weighted by Crippen LogP contribution is -1.98. The van der Waals surface area contributed by atoms with Crippen molar-refractivity contribution in [3.8, 4) is 0 Å². The highest BCUT2D eigenvalue weighted by Gasteiger charge is 2.08. The van der Waals surface area contributed by atoms with Gasteiger partial charge in [0, 0.05) is 5.92 Å². The monoisotopic (exact) mass is 197 g/mol. The molecule has 0 N–H and O–H groups in total. The number of rotatable bonds is 4. The highest BCUT2D eigenvalue weighted by atomic mass is 19.1. The van der Waals surface area contributed by atoms with Gasteiger partial charge in [0.25, 0.3) is 0 Å². The van der Waals surface area contributed by atoms with Gasteiger partial charge in [-0.25, -0.2) is 4.39 Å². The van der Waals surface area contributed by atoms with Gasteiger partial charge in [0.15, 0.2) is 0 Å². The maximum absolute atomic E-state index is 13.4. The van der Waals surface area contributed by atoms with E-state index in [-0.39, 0.29) is 5.82 Å².